The van der Waals surface area contributed by atoms with Gasteiger partial charge in [-0.15, -0.1) is 4.73 Å². The first-order valence-electron chi connectivity index (χ1n) is 7.81. The number of amides is 1. The normalized spacial score (nSPS) is 10.9. The highest BCUT2D eigenvalue weighted by Gasteiger charge is 2.14. The van der Waals surface area contributed by atoms with Crippen molar-refractivity contribution in [3.8, 4) is 0 Å². The second kappa shape index (κ2) is 8.38. The van der Waals surface area contributed by atoms with Crippen LogP contribution in [0, 0.1) is 0 Å². The third-order valence-electron chi connectivity index (χ3n) is 3.83. The van der Waals surface area contributed by atoms with E-state index in [1.54, 1.807) is 11.6 Å². The molecule has 0 fully saturated rings. The third kappa shape index (κ3) is 3.92. The number of aromatic nitrogens is 2. The number of carbonyl (C=O) groups excluding carboxylic acids is 1. The number of nitrogens with zero attached hydrogens (tertiary/aromatic N) is 2. The van der Waals surface area contributed by atoms with Gasteiger partial charge in [-0.05, 0) is 30.9 Å². The molecular weight excluding hydrogens is 298 g/mol. The number of para-hydroxylation sites is 1. The Bertz CT molecular complexity index is 705. The number of rotatable bonds is 10. The van der Waals surface area contributed by atoms with Crippen LogP contribution in [0.5, 0.6) is 0 Å². The summed E-state index contributed by atoms with van der Waals surface area (Å²) in [5.74, 6) is 0. The Hall–Kier alpha value is -2.28. The Morgan fingerprint density at radius 2 is 2.04 bits per heavy atom. The number of aliphatic hydroxyl groups is 1. The molecule has 2 aromatic rings. The van der Waals surface area contributed by atoms with Crippen LogP contribution < -0.4 is 15.8 Å². The molecule has 0 radical (unpaired) electrons. The van der Waals surface area contributed by atoms with Crippen molar-refractivity contribution < 1.29 is 14.7 Å². The standard InChI is InChI=1S/C16H23N3O4/c1-18-15-13(7-4-2-3-5-10-20)8-6-9-14(15)19(16(18)22)23-12-17-11-21/h6,8-9,11,20H,2-5,7,10,12H2,1H3,(H,17,21). The SMILES string of the molecule is Cn1c(=O)n(OCNC=O)c2cccc(CCCCCCO)c21. The molecule has 0 unspecified atom stereocenters. The van der Waals surface area contributed by atoms with Crippen molar-refractivity contribution in [2.45, 2.75) is 32.1 Å². The maximum Gasteiger partial charge on any atom is 0.361 e. The van der Waals surface area contributed by atoms with Gasteiger partial charge in [0.1, 0.15) is 5.52 Å². The van der Waals surface area contributed by atoms with Crippen molar-refractivity contribution in [3.63, 3.8) is 0 Å². The van der Waals surface area contributed by atoms with Gasteiger partial charge in [-0.2, -0.15) is 0 Å². The zero-order valence-corrected chi connectivity index (χ0v) is 13.3. The van der Waals surface area contributed by atoms with Gasteiger partial charge in [0.25, 0.3) is 0 Å². The van der Waals surface area contributed by atoms with Crippen LogP contribution in [0.25, 0.3) is 11.0 Å². The van der Waals surface area contributed by atoms with E-state index in [1.165, 1.54) is 4.73 Å². The number of unbranched alkanes of at least 4 members (excludes halogenated alkanes) is 3. The van der Waals surface area contributed by atoms with Gasteiger partial charge in [0.05, 0.1) is 5.52 Å². The summed E-state index contributed by atoms with van der Waals surface area (Å²) in [6.45, 7) is 0.174. The van der Waals surface area contributed by atoms with Crippen molar-refractivity contribution in [2.24, 2.45) is 7.05 Å². The summed E-state index contributed by atoms with van der Waals surface area (Å²) in [6, 6.07) is 5.74. The van der Waals surface area contributed by atoms with E-state index >= 15 is 0 Å². The maximum atomic E-state index is 12.3. The van der Waals surface area contributed by atoms with Gasteiger partial charge in [-0.3, -0.25) is 9.36 Å². The first kappa shape index (κ1) is 17.1. The Morgan fingerprint density at radius 1 is 1.26 bits per heavy atom. The van der Waals surface area contributed by atoms with Crippen LogP contribution in [0.3, 0.4) is 0 Å². The van der Waals surface area contributed by atoms with Crippen LogP contribution in [-0.4, -0.2) is 34.2 Å². The molecule has 0 spiro atoms. The van der Waals surface area contributed by atoms with Gasteiger partial charge in [0, 0.05) is 13.7 Å². The summed E-state index contributed by atoms with van der Waals surface area (Å²) >= 11 is 0. The molecule has 1 aromatic carbocycles. The molecular formula is C16H23N3O4. The van der Waals surface area contributed by atoms with E-state index in [4.69, 9.17) is 9.94 Å². The highest BCUT2D eigenvalue weighted by atomic mass is 16.7. The summed E-state index contributed by atoms with van der Waals surface area (Å²) in [6.07, 6.45) is 5.28. The van der Waals surface area contributed by atoms with Gasteiger partial charge >= 0.3 is 5.69 Å². The molecule has 7 heteroatoms. The lowest BCUT2D eigenvalue weighted by Gasteiger charge is -2.06. The molecule has 0 aliphatic rings. The average molecular weight is 321 g/mol. The molecule has 2 N–H and O–H groups in total. The van der Waals surface area contributed by atoms with Crippen LogP contribution in [0.15, 0.2) is 23.0 Å². The van der Waals surface area contributed by atoms with Crippen LogP contribution in [0.1, 0.15) is 31.2 Å². The van der Waals surface area contributed by atoms with Crippen molar-refractivity contribution in [2.75, 3.05) is 13.3 Å². The molecule has 0 aliphatic heterocycles. The first-order chi connectivity index (χ1) is 11.2. The van der Waals surface area contributed by atoms with E-state index in [-0.39, 0.29) is 19.0 Å². The van der Waals surface area contributed by atoms with E-state index in [2.05, 4.69) is 5.32 Å². The number of imidazole rings is 1. The quantitative estimate of drug-likeness (QED) is 0.380. The number of aryl methyl sites for hydroxylation is 2. The number of benzene rings is 1. The average Bonchev–Trinajstić information content (AvgIpc) is 2.80. The lowest BCUT2D eigenvalue weighted by molar-refractivity contribution is -0.111. The van der Waals surface area contributed by atoms with Crippen LogP contribution in [0.2, 0.25) is 0 Å². The number of aliphatic hydroxyl groups excluding tert-OH is 1. The molecule has 1 amide bonds. The fraction of sp³-hybridized carbons (Fsp3) is 0.500. The van der Waals surface area contributed by atoms with Gasteiger partial charge in [0.15, 0.2) is 6.73 Å². The minimum atomic E-state index is -0.277. The summed E-state index contributed by atoms with van der Waals surface area (Å²) in [5.41, 5.74) is 2.36. The predicted molar refractivity (Wildman–Crippen MR) is 87.1 cm³/mol. The number of hydrogen-bond donors (Lipinski definition) is 2. The van der Waals surface area contributed by atoms with Gasteiger partial charge in [-0.1, -0.05) is 25.0 Å². The largest absolute Gasteiger partial charge is 0.396 e. The van der Waals surface area contributed by atoms with Crippen molar-refractivity contribution >= 4 is 17.4 Å². The second-order valence-corrected chi connectivity index (χ2v) is 5.40. The van der Waals surface area contributed by atoms with Gasteiger partial charge in [0.2, 0.25) is 6.41 Å². The van der Waals surface area contributed by atoms with E-state index in [0.29, 0.717) is 11.9 Å². The fourth-order valence-corrected chi connectivity index (χ4v) is 2.71. The lowest BCUT2D eigenvalue weighted by Crippen LogP contribution is -2.32. The molecule has 1 aromatic heterocycles. The molecule has 2 rings (SSSR count). The van der Waals surface area contributed by atoms with E-state index in [9.17, 15) is 9.59 Å². The maximum absolute atomic E-state index is 12.3. The summed E-state index contributed by atoms with van der Waals surface area (Å²) in [7, 11) is 1.72. The fourth-order valence-electron chi connectivity index (χ4n) is 2.71. The third-order valence-corrected chi connectivity index (χ3v) is 3.83. The van der Waals surface area contributed by atoms with Crippen molar-refractivity contribution in [1.82, 2.24) is 14.6 Å². The lowest BCUT2D eigenvalue weighted by atomic mass is 10.0. The number of nitrogens with one attached hydrogen (secondary N) is 1. The molecule has 7 nitrogen and oxygen atoms in total. The Morgan fingerprint density at radius 3 is 2.78 bits per heavy atom. The van der Waals surface area contributed by atoms with Crippen LogP contribution in [0.4, 0.5) is 0 Å². The Kier molecular flexibility index (Phi) is 6.22. The van der Waals surface area contributed by atoms with Crippen molar-refractivity contribution in [3.05, 3.63) is 34.2 Å². The topological polar surface area (TPSA) is 85.5 Å². The number of hydrogen-bond acceptors (Lipinski definition) is 4. The van der Waals surface area contributed by atoms with E-state index < -0.39 is 0 Å². The monoisotopic (exact) mass is 321 g/mol. The molecule has 0 aliphatic carbocycles. The summed E-state index contributed by atoms with van der Waals surface area (Å²) in [5, 5.41) is 11.2. The molecule has 0 atom stereocenters. The Labute approximate surface area is 134 Å². The second-order valence-electron chi connectivity index (χ2n) is 5.40. The highest BCUT2D eigenvalue weighted by Crippen LogP contribution is 2.19. The minimum absolute atomic E-state index is 0.0616. The van der Waals surface area contributed by atoms with Crippen LogP contribution in [-0.2, 0) is 18.3 Å². The zero-order chi connectivity index (χ0) is 16.7. The zero-order valence-electron chi connectivity index (χ0n) is 13.3. The summed E-state index contributed by atoms with van der Waals surface area (Å²) < 4.78 is 2.78. The summed E-state index contributed by atoms with van der Waals surface area (Å²) in [4.78, 5) is 27.9. The first-order valence-corrected chi connectivity index (χ1v) is 7.81. The van der Waals surface area contributed by atoms with E-state index in [0.717, 1.165) is 43.2 Å². The predicted octanol–water partition coefficient (Wildman–Crippen LogP) is 0.567. The molecule has 0 bridgehead atoms. The van der Waals surface area contributed by atoms with Gasteiger partial charge in [-0.25, -0.2) is 4.79 Å². The molecule has 0 saturated heterocycles. The molecule has 1 heterocycles. The highest BCUT2D eigenvalue weighted by molar-refractivity contribution is 5.79. The minimum Gasteiger partial charge on any atom is -0.396 e. The van der Waals surface area contributed by atoms with Gasteiger partial charge < -0.3 is 15.3 Å². The molecule has 126 valence electrons. The number of carbonyl (C=O) groups is 1. The van der Waals surface area contributed by atoms with E-state index in [1.807, 2.05) is 18.2 Å². The molecule has 0 saturated carbocycles. The number of fused-ring (bicyclic) bond motifs is 1. The smallest absolute Gasteiger partial charge is 0.361 e. The van der Waals surface area contributed by atoms with Crippen molar-refractivity contribution in [1.29, 1.82) is 0 Å². The molecule has 23 heavy (non-hydrogen) atoms. The Balaban J connectivity index is 2.21. The van der Waals surface area contributed by atoms with Crippen LogP contribution >= 0.6 is 0 Å².